The van der Waals surface area contributed by atoms with Crippen LogP contribution < -0.4 is 5.73 Å². The van der Waals surface area contributed by atoms with Gasteiger partial charge in [0.05, 0.1) is 0 Å². The summed E-state index contributed by atoms with van der Waals surface area (Å²) in [6.45, 7) is 6.50. The van der Waals surface area contributed by atoms with Gasteiger partial charge in [-0.25, -0.2) is 0 Å². The third kappa shape index (κ3) is 16.3. The predicted molar refractivity (Wildman–Crippen MR) is 87.4 cm³/mol. The van der Waals surface area contributed by atoms with Gasteiger partial charge in [-0.15, -0.1) is 0 Å². The van der Waals surface area contributed by atoms with Gasteiger partial charge < -0.3 is 5.73 Å². The van der Waals surface area contributed by atoms with Crippen molar-refractivity contribution in [3.05, 3.63) is 0 Å². The fourth-order valence-electron chi connectivity index (χ4n) is 2.03. The van der Waals surface area contributed by atoms with Crippen molar-refractivity contribution in [3.8, 4) is 0 Å². The van der Waals surface area contributed by atoms with Crippen molar-refractivity contribution >= 4 is 11.8 Å². The Bertz CT molecular complexity index is 163. The summed E-state index contributed by atoms with van der Waals surface area (Å²) in [4.78, 5) is 0. The Morgan fingerprint density at radius 1 is 0.778 bits per heavy atom. The van der Waals surface area contributed by atoms with Crippen LogP contribution in [0, 0.1) is 0 Å². The van der Waals surface area contributed by atoms with Crippen LogP contribution in [0.5, 0.6) is 0 Å². The molecule has 0 aromatic rings. The van der Waals surface area contributed by atoms with E-state index in [1.54, 1.807) is 0 Å². The summed E-state index contributed by atoms with van der Waals surface area (Å²) in [5.41, 5.74) is 5.95. The van der Waals surface area contributed by atoms with E-state index in [2.05, 4.69) is 20.8 Å². The summed E-state index contributed by atoms with van der Waals surface area (Å²) in [5.74, 6) is 2.38. The maximum absolute atomic E-state index is 5.95. The van der Waals surface area contributed by atoms with Gasteiger partial charge in [-0.2, -0.15) is 11.8 Å². The molecule has 0 fully saturated rings. The SMILES string of the molecule is CCCCCCCCCCCCSCC(C)(C)N. The van der Waals surface area contributed by atoms with Crippen LogP contribution in [0.3, 0.4) is 0 Å². The molecule has 0 bridgehead atoms. The van der Waals surface area contributed by atoms with E-state index < -0.39 is 0 Å². The van der Waals surface area contributed by atoms with Gasteiger partial charge in [0.15, 0.2) is 0 Å². The zero-order valence-electron chi connectivity index (χ0n) is 13.0. The minimum absolute atomic E-state index is 0.00313. The van der Waals surface area contributed by atoms with Gasteiger partial charge in [0.1, 0.15) is 0 Å². The fraction of sp³-hybridized carbons (Fsp3) is 1.00. The van der Waals surface area contributed by atoms with Gasteiger partial charge in [-0.3, -0.25) is 0 Å². The predicted octanol–water partition coefficient (Wildman–Crippen LogP) is 5.38. The van der Waals surface area contributed by atoms with E-state index in [9.17, 15) is 0 Å². The van der Waals surface area contributed by atoms with E-state index >= 15 is 0 Å². The lowest BCUT2D eigenvalue weighted by molar-refractivity contribution is 0.562. The van der Waals surface area contributed by atoms with Gasteiger partial charge in [-0.1, -0.05) is 64.7 Å². The molecule has 0 radical (unpaired) electrons. The molecule has 18 heavy (non-hydrogen) atoms. The molecule has 0 amide bonds. The maximum Gasteiger partial charge on any atom is 0.0188 e. The van der Waals surface area contributed by atoms with Crippen molar-refractivity contribution < 1.29 is 0 Å². The summed E-state index contributed by atoms with van der Waals surface area (Å²) in [6.07, 6.45) is 14.2. The van der Waals surface area contributed by atoms with Crippen molar-refractivity contribution in [3.63, 3.8) is 0 Å². The molecule has 0 aliphatic heterocycles. The van der Waals surface area contributed by atoms with Crippen LogP contribution in [0.4, 0.5) is 0 Å². The summed E-state index contributed by atoms with van der Waals surface area (Å²) >= 11 is 2.01. The topological polar surface area (TPSA) is 26.0 Å². The lowest BCUT2D eigenvalue weighted by atomic mass is 10.1. The highest BCUT2D eigenvalue weighted by molar-refractivity contribution is 7.99. The van der Waals surface area contributed by atoms with Gasteiger partial charge in [0.25, 0.3) is 0 Å². The molecule has 0 heterocycles. The van der Waals surface area contributed by atoms with Crippen molar-refractivity contribution in [2.75, 3.05) is 11.5 Å². The molecule has 2 N–H and O–H groups in total. The van der Waals surface area contributed by atoms with Crippen LogP contribution in [-0.4, -0.2) is 17.0 Å². The Morgan fingerprint density at radius 3 is 1.67 bits per heavy atom. The monoisotopic (exact) mass is 273 g/mol. The highest BCUT2D eigenvalue weighted by Crippen LogP contribution is 2.14. The van der Waals surface area contributed by atoms with Crippen LogP contribution in [0.2, 0.25) is 0 Å². The lowest BCUT2D eigenvalue weighted by Gasteiger charge is -2.17. The third-order valence-electron chi connectivity index (χ3n) is 3.12. The molecule has 0 aromatic heterocycles. The van der Waals surface area contributed by atoms with Crippen molar-refractivity contribution in [2.45, 2.75) is 90.5 Å². The highest BCUT2D eigenvalue weighted by Gasteiger charge is 2.09. The van der Waals surface area contributed by atoms with Gasteiger partial charge >= 0.3 is 0 Å². The second-order valence-electron chi connectivity index (χ2n) is 6.22. The van der Waals surface area contributed by atoms with Crippen LogP contribution >= 0.6 is 11.8 Å². The third-order valence-corrected chi connectivity index (χ3v) is 4.64. The van der Waals surface area contributed by atoms with E-state index in [0.717, 1.165) is 5.75 Å². The fourth-order valence-corrected chi connectivity index (χ4v) is 3.11. The molecule has 110 valence electrons. The molecule has 0 rings (SSSR count). The maximum atomic E-state index is 5.95. The second kappa shape index (κ2) is 12.3. The summed E-state index contributed by atoms with van der Waals surface area (Å²) in [7, 11) is 0. The molecule has 2 heteroatoms. The highest BCUT2D eigenvalue weighted by atomic mass is 32.2. The van der Waals surface area contributed by atoms with Gasteiger partial charge in [-0.05, 0) is 26.0 Å². The summed E-state index contributed by atoms with van der Waals surface area (Å²) in [5, 5.41) is 0. The van der Waals surface area contributed by atoms with Crippen molar-refractivity contribution in [1.29, 1.82) is 0 Å². The van der Waals surface area contributed by atoms with E-state index in [4.69, 9.17) is 5.73 Å². The van der Waals surface area contributed by atoms with Crippen LogP contribution in [0.1, 0.15) is 85.0 Å². The zero-order chi connectivity index (χ0) is 13.7. The number of hydrogen-bond acceptors (Lipinski definition) is 2. The first kappa shape index (κ1) is 18.3. The molecule has 0 aliphatic rings. The molecule has 0 aromatic carbocycles. The number of thioether (sulfide) groups is 1. The van der Waals surface area contributed by atoms with E-state index in [1.807, 2.05) is 11.8 Å². The summed E-state index contributed by atoms with van der Waals surface area (Å²) < 4.78 is 0. The molecule has 0 saturated carbocycles. The average molecular weight is 274 g/mol. The van der Waals surface area contributed by atoms with Crippen LogP contribution in [-0.2, 0) is 0 Å². The van der Waals surface area contributed by atoms with Crippen LogP contribution in [0.15, 0.2) is 0 Å². The quantitative estimate of drug-likeness (QED) is 0.456. The molecule has 0 unspecified atom stereocenters. The molecule has 0 aliphatic carbocycles. The van der Waals surface area contributed by atoms with E-state index in [0.29, 0.717) is 0 Å². The first-order valence-electron chi connectivity index (χ1n) is 7.93. The first-order chi connectivity index (χ1) is 8.56. The van der Waals surface area contributed by atoms with Crippen LogP contribution in [0.25, 0.3) is 0 Å². The molecular formula is C16H35NS. The first-order valence-corrected chi connectivity index (χ1v) is 9.08. The Labute approximate surface area is 120 Å². The van der Waals surface area contributed by atoms with Crippen molar-refractivity contribution in [2.24, 2.45) is 5.73 Å². The minimum atomic E-state index is 0.00313. The molecular weight excluding hydrogens is 238 g/mol. The zero-order valence-corrected chi connectivity index (χ0v) is 13.8. The molecule has 0 spiro atoms. The number of nitrogens with two attached hydrogens (primary N) is 1. The Balaban J connectivity index is 2.99. The smallest absolute Gasteiger partial charge is 0.0188 e. The summed E-state index contributed by atoms with van der Waals surface area (Å²) in [6, 6.07) is 0. The molecule has 0 atom stereocenters. The average Bonchev–Trinajstić information content (AvgIpc) is 2.29. The van der Waals surface area contributed by atoms with E-state index in [-0.39, 0.29) is 5.54 Å². The van der Waals surface area contributed by atoms with Crippen molar-refractivity contribution in [1.82, 2.24) is 0 Å². The Morgan fingerprint density at radius 2 is 1.22 bits per heavy atom. The largest absolute Gasteiger partial charge is 0.325 e. The second-order valence-corrected chi connectivity index (χ2v) is 7.33. The standard InChI is InChI=1S/C16H35NS/c1-4-5-6-7-8-9-10-11-12-13-14-18-15-16(2,3)17/h4-15,17H2,1-3H3. The minimum Gasteiger partial charge on any atom is -0.325 e. The Hall–Kier alpha value is 0.310. The molecule has 0 saturated heterocycles. The molecule has 1 nitrogen and oxygen atoms in total. The Kier molecular flexibility index (Phi) is 12.6. The van der Waals surface area contributed by atoms with E-state index in [1.165, 1.54) is 70.0 Å². The van der Waals surface area contributed by atoms with Gasteiger partial charge in [0.2, 0.25) is 0 Å². The lowest BCUT2D eigenvalue weighted by Crippen LogP contribution is -2.34. The normalized spacial score (nSPS) is 12.0. The number of hydrogen-bond donors (Lipinski definition) is 1. The number of unbranched alkanes of at least 4 members (excludes halogenated alkanes) is 9. The number of rotatable bonds is 13. The van der Waals surface area contributed by atoms with Gasteiger partial charge in [0, 0.05) is 11.3 Å².